The number of halogens is 1. The topological polar surface area (TPSA) is 78.7 Å². The van der Waals surface area contributed by atoms with E-state index in [2.05, 4.69) is 5.32 Å². The van der Waals surface area contributed by atoms with E-state index < -0.39 is 11.7 Å². The van der Waals surface area contributed by atoms with Gasteiger partial charge in [0.25, 0.3) is 5.91 Å². The van der Waals surface area contributed by atoms with E-state index >= 15 is 0 Å². The number of primary amides is 1. The molecule has 2 aliphatic heterocycles. The first-order chi connectivity index (χ1) is 9.93. The van der Waals surface area contributed by atoms with E-state index in [1.807, 2.05) is 6.07 Å². The Labute approximate surface area is 127 Å². The Morgan fingerprint density at radius 2 is 2.05 bits per heavy atom. The molecule has 21 heavy (non-hydrogen) atoms. The number of hydrogen-bond acceptors (Lipinski definition) is 3. The van der Waals surface area contributed by atoms with Crippen LogP contribution in [0.25, 0.3) is 0 Å². The molecule has 0 aliphatic carbocycles. The molecule has 6 nitrogen and oxygen atoms in total. The van der Waals surface area contributed by atoms with Gasteiger partial charge in [-0.1, -0.05) is 11.6 Å². The number of amides is 3. The quantitative estimate of drug-likeness (QED) is 0.766. The highest BCUT2D eigenvalue weighted by Crippen LogP contribution is 2.37. The van der Waals surface area contributed by atoms with Crippen LogP contribution in [0.5, 0.6) is 0 Å². The van der Waals surface area contributed by atoms with Crippen molar-refractivity contribution in [2.45, 2.75) is 18.5 Å². The number of benzene rings is 1. The van der Waals surface area contributed by atoms with E-state index in [-0.39, 0.29) is 5.91 Å². The van der Waals surface area contributed by atoms with E-state index in [0.717, 1.165) is 5.69 Å². The highest BCUT2D eigenvalue weighted by atomic mass is 35.5. The first kappa shape index (κ1) is 14.0. The molecule has 0 atom stereocenters. The summed E-state index contributed by atoms with van der Waals surface area (Å²) in [4.78, 5) is 27.1. The minimum absolute atomic E-state index is 0.0567. The molecule has 1 spiro atoms. The first-order valence-electron chi connectivity index (χ1n) is 6.83. The predicted octanol–water partition coefficient (Wildman–Crippen LogP) is 1.71. The van der Waals surface area contributed by atoms with Crippen LogP contribution in [0.3, 0.4) is 0 Å². The first-order valence-corrected chi connectivity index (χ1v) is 7.21. The number of nitrogens with zero attached hydrogens (tertiary/aromatic N) is 2. The van der Waals surface area contributed by atoms with Crippen LogP contribution in [0, 0.1) is 0 Å². The van der Waals surface area contributed by atoms with Crippen LogP contribution in [0.2, 0.25) is 5.02 Å². The Balaban J connectivity index is 1.91. The number of piperidine rings is 1. The summed E-state index contributed by atoms with van der Waals surface area (Å²) in [5, 5.41) is 3.99. The molecule has 1 aromatic carbocycles. The summed E-state index contributed by atoms with van der Waals surface area (Å²) < 4.78 is 0. The minimum atomic E-state index is -0.468. The molecule has 3 amide bonds. The van der Waals surface area contributed by atoms with Crippen LogP contribution in [0.4, 0.5) is 10.5 Å². The monoisotopic (exact) mass is 308 g/mol. The molecule has 1 saturated heterocycles. The van der Waals surface area contributed by atoms with Gasteiger partial charge in [-0.15, -0.1) is 0 Å². The Hall–Kier alpha value is -1.95. The molecular formula is C14H17ClN4O2. The van der Waals surface area contributed by atoms with Crippen LogP contribution >= 0.6 is 11.6 Å². The highest BCUT2D eigenvalue weighted by molar-refractivity contribution is 6.31. The number of urea groups is 1. The Bertz CT molecular complexity index is 611. The maximum Gasteiger partial charge on any atom is 0.314 e. The third kappa shape index (κ3) is 2.19. The summed E-state index contributed by atoms with van der Waals surface area (Å²) in [6.45, 7) is 1.06. The third-order valence-corrected chi connectivity index (χ3v) is 4.66. The zero-order chi connectivity index (χ0) is 15.2. The van der Waals surface area contributed by atoms with Gasteiger partial charge in [0, 0.05) is 43.7 Å². The van der Waals surface area contributed by atoms with Gasteiger partial charge < -0.3 is 20.9 Å². The van der Waals surface area contributed by atoms with Gasteiger partial charge in [0.05, 0.1) is 5.56 Å². The molecule has 3 rings (SSSR count). The van der Waals surface area contributed by atoms with Gasteiger partial charge in [-0.05, 0) is 18.2 Å². The molecule has 0 unspecified atom stereocenters. The molecule has 0 bridgehead atoms. The Morgan fingerprint density at radius 3 is 2.67 bits per heavy atom. The Kier molecular flexibility index (Phi) is 3.20. The number of carbonyl (C=O) groups is 2. The molecule has 0 saturated carbocycles. The average molecular weight is 309 g/mol. The molecular weight excluding hydrogens is 292 g/mol. The van der Waals surface area contributed by atoms with Crippen LogP contribution in [-0.4, -0.2) is 47.5 Å². The van der Waals surface area contributed by atoms with Crippen molar-refractivity contribution in [2.24, 2.45) is 5.73 Å². The fourth-order valence-electron chi connectivity index (χ4n) is 3.07. The van der Waals surface area contributed by atoms with Crippen molar-refractivity contribution in [1.82, 2.24) is 9.80 Å². The number of nitrogens with one attached hydrogen (secondary N) is 1. The molecule has 0 radical (unpaired) electrons. The lowest BCUT2D eigenvalue weighted by Crippen LogP contribution is -2.63. The molecule has 0 aromatic heterocycles. The molecule has 2 aliphatic rings. The highest BCUT2D eigenvalue weighted by Gasteiger charge is 2.45. The van der Waals surface area contributed by atoms with Crippen molar-refractivity contribution in [1.29, 1.82) is 0 Å². The number of carbonyl (C=O) groups excluding carboxylic acids is 2. The van der Waals surface area contributed by atoms with Crippen LogP contribution in [0.15, 0.2) is 18.2 Å². The maximum absolute atomic E-state index is 12.6. The van der Waals surface area contributed by atoms with Gasteiger partial charge in [0.15, 0.2) is 0 Å². The van der Waals surface area contributed by atoms with E-state index in [9.17, 15) is 9.59 Å². The van der Waals surface area contributed by atoms with Crippen molar-refractivity contribution in [3.63, 3.8) is 0 Å². The minimum Gasteiger partial charge on any atom is -0.362 e. The van der Waals surface area contributed by atoms with Crippen LogP contribution in [0.1, 0.15) is 23.2 Å². The zero-order valence-corrected chi connectivity index (χ0v) is 12.5. The van der Waals surface area contributed by atoms with E-state index in [4.69, 9.17) is 17.3 Å². The lowest BCUT2D eigenvalue weighted by molar-refractivity contribution is 0.0428. The summed E-state index contributed by atoms with van der Waals surface area (Å²) in [5.41, 5.74) is 6.21. The van der Waals surface area contributed by atoms with Crippen molar-refractivity contribution in [3.8, 4) is 0 Å². The number of fused-ring (bicyclic) bond motifs is 1. The second kappa shape index (κ2) is 4.80. The standard InChI is InChI=1S/C14H17ClN4O2/c1-18-12(20)10-8-9(15)2-3-11(10)17-14(18)4-6-19(7-5-14)13(16)21/h2-3,8,17H,4-7H2,1H3,(H2,16,21). The normalized spacial score (nSPS) is 20.2. The summed E-state index contributed by atoms with van der Waals surface area (Å²) in [6, 6.07) is 4.85. The fraction of sp³-hybridized carbons (Fsp3) is 0.429. The molecule has 1 aromatic rings. The van der Waals surface area contributed by atoms with Crippen LogP contribution < -0.4 is 11.1 Å². The molecule has 1 fully saturated rings. The second-order valence-corrected chi connectivity index (χ2v) is 5.97. The molecule has 2 heterocycles. The largest absolute Gasteiger partial charge is 0.362 e. The second-order valence-electron chi connectivity index (χ2n) is 5.54. The number of hydrogen-bond donors (Lipinski definition) is 2. The lowest BCUT2D eigenvalue weighted by atomic mass is 9.90. The smallest absolute Gasteiger partial charge is 0.314 e. The number of nitrogens with two attached hydrogens (primary N) is 1. The summed E-state index contributed by atoms with van der Waals surface area (Å²) in [7, 11) is 1.78. The number of anilines is 1. The van der Waals surface area contributed by atoms with Gasteiger partial charge in [-0.2, -0.15) is 0 Å². The van der Waals surface area contributed by atoms with Crippen LogP contribution in [-0.2, 0) is 0 Å². The number of rotatable bonds is 0. The summed E-state index contributed by atoms with van der Waals surface area (Å²) in [5.74, 6) is -0.0567. The molecule has 7 heteroatoms. The van der Waals surface area contributed by atoms with Crippen molar-refractivity contribution < 1.29 is 9.59 Å². The summed E-state index contributed by atoms with van der Waals surface area (Å²) >= 11 is 5.96. The lowest BCUT2D eigenvalue weighted by Gasteiger charge is -2.50. The predicted molar refractivity (Wildman–Crippen MR) is 80.3 cm³/mol. The summed E-state index contributed by atoms with van der Waals surface area (Å²) in [6.07, 6.45) is 1.28. The van der Waals surface area contributed by atoms with E-state index in [0.29, 0.717) is 36.5 Å². The van der Waals surface area contributed by atoms with Gasteiger partial charge in [0.2, 0.25) is 0 Å². The molecule has 3 N–H and O–H groups in total. The van der Waals surface area contributed by atoms with Crippen molar-refractivity contribution in [3.05, 3.63) is 28.8 Å². The van der Waals surface area contributed by atoms with E-state index in [1.54, 1.807) is 29.0 Å². The average Bonchev–Trinajstić information content (AvgIpc) is 2.47. The van der Waals surface area contributed by atoms with Crippen molar-refractivity contribution >= 4 is 29.2 Å². The van der Waals surface area contributed by atoms with Gasteiger partial charge in [-0.3, -0.25) is 4.79 Å². The zero-order valence-electron chi connectivity index (χ0n) is 11.7. The van der Waals surface area contributed by atoms with Gasteiger partial charge in [-0.25, -0.2) is 4.79 Å². The fourth-order valence-corrected chi connectivity index (χ4v) is 3.24. The third-order valence-electron chi connectivity index (χ3n) is 4.43. The van der Waals surface area contributed by atoms with Crippen molar-refractivity contribution in [2.75, 3.05) is 25.5 Å². The van der Waals surface area contributed by atoms with E-state index in [1.165, 1.54) is 0 Å². The van der Waals surface area contributed by atoms with Gasteiger partial charge in [0.1, 0.15) is 5.66 Å². The Morgan fingerprint density at radius 1 is 1.38 bits per heavy atom. The SMILES string of the molecule is CN1C(=O)c2cc(Cl)ccc2NC12CCN(C(N)=O)CC2. The number of likely N-dealkylation sites (tertiary alicyclic amines) is 1. The van der Waals surface area contributed by atoms with Gasteiger partial charge >= 0.3 is 6.03 Å². The molecule has 112 valence electrons. The maximum atomic E-state index is 12.6.